The molecule has 3 heterocycles. The number of aliphatic carboxylic acids is 1. The van der Waals surface area contributed by atoms with E-state index in [1.54, 1.807) is 12.4 Å². The highest BCUT2D eigenvalue weighted by molar-refractivity contribution is 5.78. The van der Waals surface area contributed by atoms with Crippen LogP contribution >= 0.6 is 0 Å². The third-order valence-corrected chi connectivity index (χ3v) is 4.95. The molecule has 6 nitrogen and oxygen atoms in total. The zero-order valence-electron chi connectivity index (χ0n) is 12.8. The first-order chi connectivity index (χ1) is 9.94. The lowest BCUT2D eigenvalue weighted by Crippen LogP contribution is -2.42. The molecule has 2 aliphatic rings. The van der Waals surface area contributed by atoms with Crippen LogP contribution in [0.25, 0.3) is 0 Å². The molecule has 1 aromatic heterocycles. The van der Waals surface area contributed by atoms with Crippen molar-refractivity contribution in [2.45, 2.75) is 26.8 Å². The topological polar surface area (TPSA) is 69.6 Å². The van der Waals surface area contributed by atoms with Gasteiger partial charge in [-0.1, -0.05) is 0 Å². The normalized spacial score (nSPS) is 29.1. The number of carboxylic acids is 1. The van der Waals surface area contributed by atoms with Gasteiger partial charge < -0.3 is 10.0 Å². The molecular weight excluding hydrogens is 268 g/mol. The Hall–Kier alpha value is -1.69. The summed E-state index contributed by atoms with van der Waals surface area (Å²) in [5.41, 5.74) is 0.188. The van der Waals surface area contributed by atoms with Crippen LogP contribution in [0.3, 0.4) is 0 Å². The molecule has 3 rings (SSSR count). The smallest absolute Gasteiger partial charge is 0.313 e. The molecule has 0 aliphatic carbocycles. The molecule has 2 saturated heterocycles. The number of hydrogen-bond acceptors (Lipinski definition) is 5. The van der Waals surface area contributed by atoms with Crippen LogP contribution in [0.2, 0.25) is 0 Å². The maximum Gasteiger partial charge on any atom is 0.313 e. The van der Waals surface area contributed by atoms with Gasteiger partial charge in [0.1, 0.15) is 11.2 Å². The standard InChI is InChI=1S/C15H22N4O2/c1-10(2)18-6-12-7-19(9-15(12,8-18)14(20)21)13-11(3)16-4-5-17-13/h4-5,10,12H,6-9H2,1-3H3,(H,20,21)/t12-,15-/m1/s1. The van der Waals surface area contributed by atoms with E-state index in [9.17, 15) is 9.90 Å². The van der Waals surface area contributed by atoms with E-state index in [-0.39, 0.29) is 5.92 Å². The Morgan fingerprint density at radius 3 is 2.62 bits per heavy atom. The third kappa shape index (κ3) is 2.18. The highest BCUT2D eigenvalue weighted by Gasteiger charge is 2.58. The van der Waals surface area contributed by atoms with Gasteiger partial charge in [-0.3, -0.25) is 14.7 Å². The van der Waals surface area contributed by atoms with Gasteiger partial charge in [0, 0.05) is 50.5 Å². The molecule has 0 amide bonds. The summed E-state index contributed by atoms with van der Waals surface area (Å²) in [4.78, 5) is 25.0. The van der Waals surface area contributed by atoms with Crippen molar-refractivity contribution in [2.24, 2.45) is 11.3 Å². The average molecular weight is 290 g/mol. The van der Waals surface area contributed by atoms with E-state index in [2.05, 4.69) is 33.6 Å². The molecule has 114 valence electrons. The molecule has 0 spiro atoms. The predicted molar refractivity (Wildman–Crippen MR) is 79.2 cm³/mol. The number of nitrogens with zero attached hydrogens (tertiary/aromatic N) is 4. The fourth-order valence-corrected chi connectivity index (χ4v) is 3.67. The predicted octanol–water partition coefficient (Wildman–Crippen LogP) is 1.02. The Kier molecular flexibility index (Phi) is 3.36. The number of fused-ring (bicyclic) bond motifs is 1. The summed E-state index contributed by atoms with van der Waals surface area (Å²) in [7, 11) is 0. The minimum absolute atomic E-state index is 0.152. The fourth-order valence-electron chi connectivity index (χ4n) is 3.67. The maximum absolute atomic E-state index is 11.9. The molecule has 2 atom stereocenters. The van der Waals surface area contributed by atoms with E-state index in [0.29, 0.717) is 19.1 Å². The first kappa shape index (κ1) is 14.3. The van der Waals surface area contributed by atoms with Gasteiger partial charge in [-0.2, -0.15) is 0 Å². The Morgan fingerprint density at radius 2 is 2.05 bits per heavy atom. The van der Waals surface area contributed by atoms with E-state index in [1.165, 1.54) is 0 Å². The van der Waals surface area contributed by atoms with Crippen LogP contribution in [0.4, 0.5) is 5.82 Å². The summed E-state index contributed by atoms with van der Waals surface area (Å²) in [5, 5.41) is 9.82. The summed E-state index contributed by atoms with van der Waals surface area (Å²) in [5.74, 6) is 0.294. The third-order valence-electron chi connectivity index (χ3n) is 4.95. The van der Waals surface area contributed by atoms with E-state index in [0.717, 1.165) is 24.6 Å². The summed E-state index contributed by atoms with van der Waals surface area (Å²) >= 11 is 0. The Labute approximate surface area is 124 Å². The SMILES string of the molecule is Cc1nccnc1N1C[C@H]2CN(C(C)C)C[C@@]2(C(=O)O)C1. The van der Waals surface area contributed by atoms with E-state index in [1.807, 2.05) is 6.92 Å². The van der Waals surface area contributed by atoms with Gasteiger partial charge in [-0.15, -0.1) is 0 Å². The summed E-state index contributed by atoms with van der Waals surface area (Å²) in [6.07, 6.45) is 3.34. The Balaban J connectivity index is 1.88. The molecule has 1 aromatic rings. The van der Waals surface area contributed by atoms with Crippen molar-refractivity contribution in [3.8, 4) is 0 Å². The number of carboxylic acid groups (broad SMARTS) is 1. The van der Waals surface area contributed by atoms with Crippen molar-refractivity contribution in [3.63, 3.8) is 0 Å². The molecule has 21 heavy (non-hydrogen) atoms. The van der Waals surface area contributed by atoms with Crippen molar-refractivity contribution in [1.29, 1.82) is 0 Å². The van der Waals surface area contributed by atoms with Crippen LogP contribution in [0, 0.1) is 18.3 Å². The molecule has 0 aromatic carbocycles. The van der Waals surface area contributed by atoms with Gasteiger partial charge >= 0.3 is 5.97 Å². The molecule has 0 bridgehead atoms. The average Bonchev–Trinajstić information content (AvgIpc) is 2.94. The summed E-state index contributed by atoms with van der Waals surface area (Å²) in [6.45, 7) is 8.91. The fraction of sp³-hybridized carbons (Fsp3) is 0.667. The number of anilines is 1. The van der Waals surface area contributed by atoms with E-state index in [4.69, 9.17) is 0 Å². The zero-order valence-corrected chi connectivity index (χ0v) is 12.8. The molecule has 6 heteroatoms. The summed E-state index contributed by atoms with van der Waals surface area (Å²) in [6, 6.07) is 0.388. The monoisotopic (exact) mass is 290 g/mol. The van der Waals surface area contributed by atoms with Gasteiger partial charge in [-0.25, -0.2) is 4.98 Å². The largest absolute Gasteiger partial charge is 0.481 e. The molecule has 1 N–H and O–H groups in total. The van der Waals surface area contributed by atoms with Crippen LogP contribution in [0.5, 0.6) is 0 Å². The minimum atomic E-state index is -0.681. The number of likely N-dealkylation sites (tertiary alicyclic amines) is 1. The van der Waals surface area contributed by atoms with Crippen molar-refractivity contribution < 1.29 is 9.90 Å². The number of rotatable bonds is 3. The minimum Gasteiger partial charge on any atom is -0.481 e. The lowest BCUT2D eigenvalue weighted by atomic mass is 9.81. The first-order valence-corrected chi connectivity index (χ1v) is 7.44. The Morgan fingerprint density at radius 1 is 1.33 bits per heavy atom. The second-order valence-corrected chi connectivity index (χ2v) is 6.53. The highest BCUT2D eigenvalue weighted by Crippen LogP contribution is 2.44. The molecular formula is C15H22N4O2. The molecule has 0 unspecified atom stereocenters. The second kappa shape index (κ2) is 4.94. The zero-order chi connectivity index (χ0) is 15.2. The summed E-state index contributed by atoms with van der Waals surface area (Å²) < 4.78 is 0. The van der Waals surface area contributed by atoms with E-state index < -0.39 is 11.4 Å². The number of aromatic nitrogens is 2. The van der Waals surface area contributed by atoms with Gasteiger partial charge in [0.25, 0.3) is 0 Å². The number of carbonyl (C=O) groups is 1. The quantitative estimate of drug-likeness (QED) is 0.896. The van der Waals surface area contributed by atoms with Crippen LogP contribution in [-0.2, 0) is 4.79 Å². The van der Waals surface area contributed by atoms with E-state index >= 15 is 0 Å². The first-order valence-electron chi connectivity index (χ1n) is 7.44. The van der Waals surface area contributed by atoms with Crippen molar-refractivity contribution >= 4 is 11.8 Å². The molecule has 2 fully saturated rings. The number of hydrogen-bond donors (Lipinski definition) is 1. The van der Waals surface area contributed by atoms with Gasteiger partial charge in [0.15, 0.2) is 0 Å². The molecule has 0 radical (unpaired) electrons. The van der Waals surface area contributed by atoms with Gasteiger partial charge in [-0.05, 0) is 20.8 Å². The second-order valence-electron chi connectivity index (χ2n) is 6.53. The number of aryl methyl sites for hydroxylation is 1. The van der Waals surface area contributed by atoms with Gasteiger partial charge in [0.05, 0.1) is 5.69 Å². The van der Waals surface area contributed by atoms with Crippen molar-refractivity contribution in [1.82, 2.24) is 14.9 Å². The lowest BCUT2D eigenvalue weighted by molar-refractivity contribution is -0.148. The van der Waals surface area contributed by atoms with Crippen LogP contribution in [-0.4, -0.2) is 58.2 Å². The Bertz CT molecular complexity index is 562. The highest BCUT2D eigenvalue weighted by atomic mass is 16.4. The van der Waals surface area contributed by atoms with Crippen LogP contribution < -0.4 is 4.90 Å². The van der Waals surface area contributed by atoms with Crippen molar-refractivity contribution in [2.75, 3.05) is 31.1 Å². The molecule has 2 aliphatic heterocycles. The van der Waals surface area contributed by atoms with Crippen molar-refractivity contribution in [3.05, 3.63) is 18.1 Å². The maximum atomic E-state index is 11.9. The molecule has 0 saturated carbocycles. The van der Waals surface area contributed by atoms with Crippen LogP contribution in [0.1, 0.15) is 19.5 Å². The van der Waals surface area contributed by atoms with Crippen LogP contribution in [0.15, 0.2) is 12.4 Å². The van der Waals surface area contributed by atoms with Gasteiger partial charge in [0.2, 0.25) is 0 Å². The lowest BCUT2D eigenvalue weighted by Gasteiger charge is -2.28.